The van der Waals surface area contributed by atoms with Crippen LogP contribution in [0.4, 0.5) is 5.69 Å². The Balaban J connectivity index is 2.06. The quantitative estimate of drug-likeness (QED) is 0.853. The lowest BCUT2D eigenvalue weighted by Crippen LogP contribution is -2.15. The zero-order valence-corrected chi connectivity index (χ0v) is 13.2. The van der Waals surface area contributed by atoms with Crippen LogP contribution in [-0.4, -0.2) is 33.4 Å². The van der Waals surface area contributed by atoms with Crippen molar-refractivity contribution in [3.05, 3.63) is 41.7 Å². The van der Waals surface area contributed by atoms with Crippen molar-refractivity contribution >= 4 is 17.6 Å². The highest BCUT2D eigenvalue weighted by Crippen LogP contribution is 2.22. The standard InChI is InChI=1S/C16H19N3O4/c1-10(2)19-7-6-14(18-19)16(22)17-13-5-4-12(8-11(13)3)23-9-15(20)21/h4-8,10H,9H2,1-3H3,(H,17,22)(H,20,21). The fraction of sp³-hybridized carbons (Fsp3) is 0.312. The number of rotatable bonds is 6. The minimum absolute atomic E-state index is 0.184. The van der Waals surface area contributed by atoms with E-state index in [1.807, 2.05) is 13.8 Å². The van der Waals surface area contributed by atoms with E-state index in [2.05, 4.69) is 10.4 Å². The van der Waals surface area contributed by atoms with Crippen molar-refractivity contribution in [2.45, 2.75) is 26.8 Å². The Morgan fingerprint density at radius 1 is 1.35 bits per heavy atom. The summed E-state index contributed by atoms with van der Waals surface area (Å²) < 4.78 is 6.81. The van der Waals surface area contributed by atoms with Gasteiger partial charge in [0, 0.05) is 17.9 Å². The molecule has 23 heavy (non-hydrogen) atoms. The molecule has 2 aromatic rings. The molecule has 122 valence electrons. The van der Waals surface area contributed by atoms with Gasteiger partial charge in [-0.25, -0.2) is 4.79 Å². The van der Waals surface area contributed by atoms with Gasteiger partial charge in [-0.05, 0) is 50.6 Å². The number of carbonyl (C=O) groups excluding carboxylic acids is 1. The van der Waals surface area contributed by atoms with Gasteiger partial charge in [0.25, 0.3) is 5.91 Å². The number of benzene rings is 1. The summed E-state index contributed by atoms with van der Waals surface area (Å²) in [5.41, 5.74) is 1.73. The van der Waals surface area contributed by atoms with E-state index in [-0.39, 0.29) is 11.9 Å². The molecule has 0 bridgehead atoms. The summed E-state index contributed by atoms with van der Waals surface area (Å²) in [5, 5.41) is 15.6. The molecule has 2 rings (SSSR count). The van der Waals surface area contributed by atoms with Crippen LogP contribution in [0.15, 0.2) is 30.5 Å². The van der Waals surface area contributed by atoms with Crippen LogP contribution < -0.4 is 10.1 Å². The van der Waals surface area contributed by atoms with Crippen molar-refractivity contribution in [3.8, 4) is 5.75 Å². The summed E-state index contributed by atoms with van der Waals surface area (Å²) in [7, 11) is 0. The summed E-state index contributed by atoms with van der Waals surface area (Å²) in [5.74, 6) is -0.903. The molecular formula is C16H19N3O4. The minimum Gasteiger partial charge on any atom is -0.482 e. The van der Waals surface area contributed by atoms with Crippen molar-refractivity contribution in [2.75, 3.05) is 11.9 Å². The Morgan fingerprint density at radius 2 is 2.09 bits per heavy atom. The number of hydrogen-bond acceptors (Lipinski definition) is 4. The molecule has 1 aromatic heterocycles. The van der Waals surface area contributed by atoms with Gasteiger partial charge in [-0.2, -0.15) is 5.10 Å². The van der Waals surface area contributed by atoms with Crippen molar-refractivity contribution in [2.24, 2.45) is 0 Å². The monoisotopic (exact) mass is 317 g/mol. The Bertz CT molecular complexity index is 722. The second-order valence-electron chi connectivity index (χ2n) is 5.39. The van der Waals surface area contributed by atoms with Gasteiger partial charge < -0.3 is 15.2 Å². The van der Waals surface area contributed by atoms with Gasteiger partial charge in [0.2, 0.25) is 0 Å². The highest BCUT2D eigenvalue weighted by molar-refractivity contribution is 6.03. The van der Waals surface area contributed by atoms with E-state index >= 15 is 0 Å². The van der Waals surface area contributed by atoms with Crippen LogP contribution >= 0.6 is 0 Å². The van der Waals surface area contributed by atoms with Crippen molar-refractivity contribution in [3.63, 3.8) is 0 Å². The van der Waals surface area contributed by atoms with Crippen LogP contribution in [0.5, 0.6) is 5.75 Å². The topological polar surface area (TPSA) is 93.5 Å². The maximum absolute atomic E-state index is 12.2. The van der Waals surface area contributed by atoms with Crippen molar-refractivity contribution < 1.29 is 19.4 Å². The van der Waals surface area contributed by atoms with E-state index in [9.17, 15) is 9.59 Å². The molecule has 0 saturated carbocycles. The van der Waals surface area contributed by atoms with Gasteiger partial charge in [0.15, 0.2) is 12.3 Å². The van der Waals surface area contributed by atoms with Crippen LogP contribution in [0.25, 0.3) is 0 Å². The number of aromatic nitrogens is 2. The van der Waals surface area contributed by atoms with Gasteiger partial charge >= 0.3 is 5.97 Å². The lowest BCUT2D eigenvalue weighted by molar-refractivity contribution is -0.139. The van der Waals surface area contributed by atoms with Crippen molar-refractivity contribution in [1.82, 2.24) is 9.78 Å². The summed E-state index contributed by atoms with van der Waals surface area (Å²) in [4.78, 5) is 22.7. The van der Waals surface area contributed by atoms with Crippen LogP contribution in [0.1, 0.15) is 35.9 Å². The number of carboxylic acids is 1. The van der Waals surface area contributed by atoms with E-state index in [1.165, 1.54) is 0 Å². The molecule has 0 atom stereocenters. The average Bonchev–Trinajstić information content (AvgIpc) is 2.97. The van der Waals surface area contributed by atoms with Crippen LogP contribution in [0, 0.1) is 6.92 Å². The maximum Gasteiger partial charge on any atom is 0.341 e. The second-order valence-corrected chi connectivity index (χ2v) is 5.39. The first-order valence-electron chi connectivity index (χ1n) is 7.18. The van der Waals surface area contributed by atoms with Gasteiger partial charge in [0.1, 0.15) is 5.75 Å². The highest BCUT2D eigenvalue weighted by atomic mass is 16.5. The number of carboxylic acid groups (broad SMARTS) is 1. The van der Waals surface area contributed by atoms with Gasteiger partial charge in [0.05, 0.1) is 0 Å². The lowest BCUT2D eigenvalue weighted by Gasteiger charge is -2.10. The fourth-order valence-corrected chi connectivity index (χ4v) is 1.94. The molecule has 1 heterocycles. The molecule has 1 aromatic carbocycles. The maximum atomic E-state index is 12.2. The molecule has 7 heteroatoms. The predicted molar refractivity (Wildman–Crippen MR) is 84.9 cm³/mol. The van der Waals surface area contributed by atoms with Gasteiger partial charge in [-0.15, -0.1) is 0 Å². The number of anilines is 1. The third kappa shape index (κ3) is 4.32. The zero-order chi connectivity index (χ0) is 17.0. The average molecular weight is 317 g/mol. The molecule has 1 amide bonds. The molecule has 0 aliphatic heterocycles. The second kappa shape index (κ2) is 6.95. The summed E-state index contributed by atoms with van der Waals surface area (Å²) in [6, 6.07) is 6.80. The Morgan fingerprint density at radius 3 is 2.65 bits per heavy atom. The Hall–Kier alpha value is -2.83. The molecule has 0 radical (unpaired) electrons. The number of hydrogen-bond donors (Lipinski definition) is 2. The molecule has 0 unspecified atom stereocenters. The summed E-state index contributed by atoms with van der Waals surface area (Å²) in [6.45, 7) is 5.36. The highest BCUT2D eigenvalue weighted by Gasteiger charge is 2.12. The fourth-order valence-electron chi connectivity index (χ4n) is 1.94. The first-order valence-corrected chi connectivity index (χ1v) is 7.18. The minimum atomic E-state index is -1.04. The third-order valence-corrected chi connectivity index (χ3v) is 3.18. The first-order chi connectivity index (χ1) is 10.9. The van der Waals surface area contributed by atoms with Crippen LogP contribution in [0.2, 0.25) is 0 Å². The SMILES string of the molecule is Cc1cc(OCC(=O)O)ccc1NC(=O)c1ccn(C(C)C)n1. The number of nitrogens with one attached hydrogen (secondary N) is 1. The summed E-state index contributed by atoms with van der Waals surface area (Å²) in [6.07, 6.45) is 1.76. The van der Waals surface area contributed by atoms with Crippen molar-refractivity contribution in [1.29, 1.82) is 0 Å². The Kier molecular flexibility index (Phi) is 5.00. The Labute approximate surface area is 133 Å². The first kappa shape index (κ1) is 16.5. The van der Waals surface area contributed by atoms with Gasteiger partial charge in [-0.1, -0.05) is 0 Å². The number of ether oxygens (including phenoxy) is 1. The molecule has 0 aliphatic carbocycles. The van der Waals surface area contributed by atoms with Crippen LogP contribution in [-0.2, 0) is 4.79 Å². The predicted octanol–water partition coefficient (Wildman–Crippen LogP) is 2.49. The number of nitrogens with zero attached hydrogens (tertiary/aromatic N) is 2. The number of aliphatic carboxylic acids is 1. The molecular weight excluding hydrogens is 298 g/mol. The zero-order valence-electron chi connectivity index (χ0n) is 13.2. The van der Waals surface area contributed by atoms with E-state index < -0.39 is 12.6 Å². The number of aryl methyl sites for hydroxylation is 1. The van der Waals surface area contributed by atoms with E-state index in [0.29, 0.717) is 17.1 Å². The molecule has 0 fully saturated rings. The molecule has 7 nitrogen and oxygen atoms in total. The molecule has 0 spiro atoms. The lowest BCUT2D eigenvalue weighted by atomic mass is 10.2. The largest absolute Gasteiger partial charge is 0.482 e. The summed E-state index contributed by atoms with van der Waals surface area (Å²) >= 11 is 0. The number of amides is 1. The number of carbonyl (C=O) groups is 2. The molecule has 2 N–H and O–H groups in total. The van der Waals surface area contributed by atoms with E-state index in [0.717, 1.165) is 5.56 Å². The normalized spacial score (nSPS) is 10.6. The molecule has 0 saturated heterocycles. The molecule has 0 aliphatic rings. The van der Waals surface area contributed by atoms with Crippen LogP contribution in [0.3, 0.4) is 0 Å². The smallest absolute Gasteiger partial charge is 0.341 e. The van der Waals surface area contributed by atoms with E-state index in [1.54, 1.807) is 42.1 Å². The van der Waals surface area contributed by atoms with Gasteiger partial charge in [-0.3, -0.25) is 9.48 Å². The third-order valence-electron chi connectivity index (χ3n) is 3.18. The van der Waals surface area contributed by atoms with E-state index in [4.69, 9.17) is 9.84 Å².